The molecule has 0 spiro atoms. The first-order valence-corrected chi connectivity index (χ1v) is 13.0. The van der Waals surface area contributed by atoms with Crippen LogP contribution in [-0.4, -0.2) is 21.2 Å². The van der Waals surface area contributed by atoms with Gasteiger partial charge in [0.25, 0.3) is 5.56 Å². The van der Waals surface area contributed by atoms with E-state index in [1.807, 2.05) is 13.8 Å². The Hall–Kier alpha value is -2.41. The number of nitriles is 1. The number of hydrogen-bond donors (Lipinski definition) is 1. The van der Waals surface area contributed by atoms with Gasteiger partial charge in [-0.25, -0.2) is 4.98 Å². The van der Waals surface area contributed by atoms with E-state index in [9.17, 15) is 14.9 Å². The Kier molecular flexibility index (Phi) is 6.56. The van der Waals surface area contributed by atoms with Crippen LogP contribution in [0.4, 0.5) is 5.00 Å². The van der Waals surface area contributed by atoms with Gasteiger partial charge in [-0.1, -0.05) is 24.8 Å². The summed E-state index contributed by atoms with van der Waals surface area (Å²) >= 11 is 4.23. The van der Waals surface area contributed by atoms with E-state index in [2.05, 4.69) is 29.9 Å². The molecule has 3 aromatic heterocycles. The van der Waals surface area contributed by atoms with Gasteiger partial charge in [-0.2, -0.15) is 5.26 Å². The van der Waals surface area contributed by atoms with E-state index in [-0.39, 0.29) is 17.2 Å². The van der Waals surface area contributed by atoms with Gasteiger partial charge in [-0.05, 0) is 50.2 Å². The van der Waals surface area contributed by atoms with E-state index in [1.54, 1.807) is 10.6 Å². The molecule has 0 bridgehead atoms. The number of nitrogens with zero attached hydrogens (tertiary/aromatic N) is 3. The predicted octanol–water partition coefficient (Wildman–Crippen LogP) is 5.05. The average molecular weight is 485 g/mol. The molecule has 0 saturated heterocycles. The van der Waals surface area contributed by atoms with Crippen molar-refractivity contribution in [3.05, 3.63) is 49.5 Å². The van der Waals surface area contributed by atoms with Crippen LogP contribution in [0.3, 0.4) is 0 Å². The lowest BCUT2D eigenvalue weighted by atomic mass is 9.89. The second-order valence-corrected chi connectivity index (χ2v) is 11.3. The Bertz CT molecular complexity index is 1330. The number of anilines is 1. The number of fused-ring (bicyclic) bond motifs is 2. The highest BCUT2D eigenvalue weighted by Gasteiger charge is 2.25. The largest absolute Gasteiger partial charge is 0.316 e. The monoisotopic (exact) mass is 484 g/mol. The molecule has 166 valence electrons. The molecule has 1 aliphatic rings. The molecule has 0 saturated carbocycles. The molecule has 1 N–H and O–H groups in total. The lowest BCUT2D eigenvalue weighted by Gasteiger charge is -2.17. The molecule has 9 heteroatoms. The van der Waals surface area contributed by atoms with Gasteiger partial charge in [0.2, 0.25) is 5.91 Å². The normalized spacial score (nSPS) is 15.4. The fourth-order valence-corrected chi connectivity index (χ4v) is 7.22. The molecule has 1 unspecified atom stereocenters. The van der Waals surface area contributed by atoms with Gasteiger partial charge in [0.1, 0.15) is 15.9 Å². The summed E-state index contributed by atoms with van der Waals surface area (Å²) in [7, 11) is 0. The van der Waals surface area contributed by atoms with Gasteiger partial charge in [-0.3, -0.25) is 14.2 Å². The third-order valence-corrected chi connectivity index (χ3v) is 9.02. The summed E-state index contributed by atoms with van der Waals surface area (Å²) in [5, 5.41) is 14.3. The third kappa shape index (κ3) is 4.15. The molecular formula is C23H24N4O2S3. The van der Waals surface area contributed by atoms with Crippen LogP contribution in [0.2, 0.25) is 0 Å². The Labute approximate surface area is 199 Å². The lowest BCUT2D eigenvalue weighted by Crippen LogP contribution is -2.23. The Balaban J connectivity index is 1.56. The predicted molar refractivity (Wildman–Crippen MR) is 133 cm³/mol. The molecule has 6 nitrogen and oxygen atoms in total. The van der Waals surface area contributed by atoms with Crippen molar-refractivity contribution in [1.29, 1.82) is 5.26 Å². The number of thioether (sulfide) groups is 1. The van der Waals surface area contributed by atoms with Gasteiger partial charge in [-0.15, -0.1) is 29.3 Å². The van der Waals surface area contributed by atoms with Crippen LogP contribution >= 0.6 is 34.4 Å². The molecule has 0 fully saturated rings. The summed E-state index contributed by atoms with van der Waals surface area (Å²) in [6.45, 7) is 10.2. The summed E-state index contributed by atoms with van der Waals surface area (Å²) in [6.07, 6.45) is 4.57. The summed E-state index contributed by atoms with van der Waals surface area (Å²) in [6, 6.07) is 2.28. The van der Waals surface area contributed by atoms with Crippen molar-refractivity contribution < 1.29 is 4.79 Å². The van der Waals surface area contributed by atoms with Crippen molar-refractivity contribution in [3.8, 4) is 6.07 Å². The fraction of sp³-hybridized carbons (Fsp3) is 0.391. The van der Waals surface area contributed by atoms with Gasteiger partial charge in [0.15, 0.2) is 5.16 Å². The Morgan fingerprint density at radius 2 is 2.22 bits per heavy atom. The maximum atomic E-state index is 13.1. The molecule has 0 aliphatic heterocycles. The second kappa shape index (κ2) is 9.22. The molecule has 0 aromatic carbocycles. The summed E-state index contributed by atoms with van der Waals surface area (Å²) in [5.41, 5.74) is 2.54. The highest BCUT2D eigenvalue weighted by molar-refractivity contribution is 7.99. The van der Waals surface area contributed by atoms with Gasteiger partial charge in [0.05, 0.1) is 16.7 Å². The van der Waals surface area contributed by atoms with E-state index in [4.69, 9.17) is 0 Å². The van der Waals surface area contributed by atoms with Crippen LogP contribution in [0, 0.1) is 31.1 Å². The first kappa shape index (κ1) is 22.8. The molecular weight excluding hydrogens is 460 g/mol. The van der Waals surface area contributed by atoms with E-state index in [0.29, 0.717) is 38.4 Å². The minimum Gasteiger partial charge on any atom is -0.316 e. The molecule has 4 rings (SSSR count). The molecule has 32 heavy (non-hydrogen) atoms. The quantitative estimate of drug-likeness (QED) is 0.300. The van der Waals surface area contributed by atoms with Crippen LogP contribution in [0.1, 0.15) is 39.8 Å². The standard InChI is InChI=1S/C23H24N4O2S3/c1-5-8-27-22(29)19-13(3)14(4)31-21(19)26-23(27)30-11-18(28)25-20-16(10-24)15-7-6-12(2)9-17(15)32-20/h5,12H,1,6-9,11H2,2-4H3,(H,25,28). The summed E-state index contributed by atoms with van der Waals surface area (Å²) in [4.78, 5) is 33.4. The first-order valence-electron chi connectivity index (χ1n) is 10.4. The lowest BCUT2D eigenvalue weighted by molar-refractivity contribution is -0.113. The number of amides is 1. The fourth-order valence-electron chi connectivity index (χ4n) is 3.96. The van der Waals surface area contributed by atoms with Gasteiger partial charge >= 0.3 is 0 Å². The minimum atomic E-state index is -0.212. The molecule has 0 radical (unpaired) electrons. The number of rotatable bonds is 6. The van der Waals surface area contributed by atoms with E-state index >= 15 is 0 Å². The van der Waals surface area contributed by atoms with Crippen LogP contribution in [0.5, 0.6) is 0 Å². The zero-order valence-electron chi connectivity index (χ0n) is 18.3. The summed E-state index contributed by atoms with van der Waals surface area (Å²) < 4.78 is 1.57. The maximum Gasteiger partial charge on any atom is 0.263 e. The van der Waals surface area contributed by atoms with Crippen molar-refractivity contribution in [3.63, 3.8) is 0 Å². The SMILES string of the molecule is C=CCn1c(SCC(=O)Nc2sc3c(c2C#N)CCC(C)C3)nc2sc(C)c(C)c2c1=O. The Morgan fingerprint density at radius 3 is 2.94 bits per heavy atom. The zero-order valence-corrected chi connectivity index (χ0v) is 20.7. The topological polar surface area (TPSA) is 87.8 Å². The number of thiophene rings is 2. The van der Waals surface area contributed by atoms with E-state index < -0.39 is 0 Å². The van der Waals surface area contributed by atoms with Crippen LogP contribution in [0.15, 0.2) is 22.6 Å². The van der Waals surface area contributed by atoms with Gasteiger partial charge < -0.3 is 5.32 Å². The number of aromatic nitrogens is 2. The highest BCUT2D eigenvalue weighted by atomic mass is 32.2. The third-order valence-electron chi connectivity index (χ3n) is 5.77. The molecule has 3 aromatic rings. The van der Waals surface area contributed by atoms with Crippen molar-refractivity contribution in [2.24, 2.45) is 5.92 Å². The minimum absolute atomic E-state index is 0.0995. The molecule has 3 heterocycles. The van der Waals surface area contributed by atoms with Crippen LogP contribution in [-0.2, 0) is 24.2 Å². The molecule has 1 amide bonds. The number of allylic oxidation sites excluding steroid dienone is 1. The molecule has 1 aliphatic carbocycles. The number of hydrogen-bond acceptors (Lipinski definition) is 7. The first-order chi connectivity index (χ1) is 15.3. The maximum absolute atomic E-state index is 13.1. The van der Waals surface area contributed by atoms with Crippen molar-refractivity contribution >= 4 is 55.6 Å². The number of carbonyl (C=O) groups excluding carboxylic acids is 1. The van der Waals surface area contributed by atoms with E-state index in [1.165, 1.54) is 39.3 Å². The smallest absolute Gasteiger partial charge is 0.263 e. The van der Waals surface area contributed by atoms with Gasteiger partial charge in [0, 0.05) is 16.3 Å². The Morgan fingerprint density at radius 1 is 1.44 bits per heavy atom. The van der Waals surface area contributed by atoms with Crippen molar-refractivity contribution in [1.82, 2.24) is 9.55 Å². The number of nitrogens with one attached hydrogen (secondary N) is 1. The summed E-state index contributed by atoms with van der Waals surface area (Å²) in [5.74, 6) is 0.484. The zero-order chi connectivity index (χ0) is 23.0. The van der Waals surface area contributed by atoms with Crippen LogP contribution < -0.4 is 10.9 Å². The van der Waals surface area contributed by atoms with Crippen LogP contribution in [0.25, 0.3) is 10.2 Å². The molecule has 1 atom stereocenters. The van der Waals surface area contributed by atoms with Crippen molar-refractivity contribution in [2.45, 2.75) is 51.7 Å². The average Bonchev–Trinajstić information content (AvgIpc) is 3.24. The number of aryl methyl sites for hydroxylation is 2. The van der Waals surface area contributed by atoms with E-state index in [0.717, 1.165) is 35.3 Å². The second-order valence-electron chi connectivity index (χ2n) is 8.07. The highest BCUT2D eigenvalue weighted by Crippen LogP contribution is 2.39. The number of carbonyl (C=O) groups is 1. The van der Waals surface area contributed by atoms with Crippen molar-refractivity contribution in [2.75, 3.05) is 11.1 Å².